The van der Waals surface area contributed by atoms with Crippen molar-refractivity contribution >= 4 is 33.2 Å². The molecule has 2 N–H and O–H groups in total. The lowest BCUT2D eigenvalue weighted by Gasteiger charge is -2.16. The molecule has 7 heteroatoms. The van der Waals surface area contributed by atoms with E-state index in [2.05, 4.69) is 22.2 Å². The number of carbonyl (C=O) groups is 1. The molecule has 166 valence electrons. The number of fused-ring (bicyclic) bond motifs is 1. The highest BCUT2D eigenvalue weighted by molar-refractivity contribution is 7.92. The van der Waals surface area contributed by atoms with E-state index in [1.54, 1.807) is 18.2 Å². The van der Waals surface area contributed by atoms with E-state index >= 15 is 0 Å². The summed E-state index contributed by atoms with van der Waals surface area (Å²) in [5.41, 5.74) is 5.33. The lowest BCUT2D eigenvalue weighted by molar-refractivity contribution is 0.0939. The average molecular weight is 469 g/mol. The van der Waals surface area contributed by atoms with Crippen LogP contribution >= 0.6 is 11.6 Å². The Balaban J connectivity index is 1.54. The molecule has 4 rings (SSSR count). The number of rotatable bonds is 6. The molecule has 0 spiro atoms. The third-order valence-corrected chi connectivity index (χ3v) is 7.59. The first-order valence-electron chi connectivity index (χ1n) is 10.5. The van der Waals surface area contributed by atoms with E-state index in [1.807, 2.05) is 26.0 Å². The minimum Gasteiger partial charge on any atom is -0.346 e. The first kappa shape index (κ1) is 22.4. The summed E-state index contributed by atoms with van der Waals surface area (Å²) in [7, 11) is -3.97. The van der Waals surface area contributed by atoms with Crippen molar-refractivity contribution in [3.63, 3.8) is 0 Å². The van der Waals surface area contributed by atoms with Gasteiger partial charge in [0.15, 0.2) is 0 Å². The Hall–Kier alpha value is -2.83. The number of anilines is 1. The van der Waals surface area contributed by atoms with E-state index in [9.17, 15) is 13.2 Å². The van der Waals surface area contributed by atoms with Crippen LogP contribution in [0.3, 0.4) is 0 Å². The van der Waals surface area contributed by atoms with Gasteiger partial charge < -0.3 is 5.32 Å². The standard InChI is InChI=1S/C25H25ClN2O3S/c1-16-5-3-8-22(13-16)28-32(30,31)24-15-21(11-12-23(24)26)25(29)27-17(2)19-10-9-18-6-4-7-20(18)14-19/h3,5,8-15,17,28H,4,6-7H2,1-2H3,(H,27,29)/t17-/m0/s1. The predicted molar refractivity (Wildman–Crippen MR) is 128 cm³/mol. The molecule has 0 saturated heterocycles. The van der Waals surface area contributed by atoms with Gasteiger partial charge in [-0.2, -0.15) is 0 Å². The van der Waals surface area contributed by atoms with Crippen molar-refractivity contribution in [1.29, 1.82) is 0 Å². The number of amides is 1. The van der Waals surface area contributed by atoms with Gasteiger partial charge in [-0.1, -0.05) is 41.9 Å². The fraction of sp³-hybridized carbons (Fsp3) is 0.240. The van der Waals surface area contributed by atoms with Crippen LogP contribution in [0.25, 0.3) is 0 Å². The Labute approximate surface area is 193 Å². The zero-order valence-electron chi connectivity index (χ0n) is 18.0. The zero-order chi connectivity index (χ0) is 22.9. The number of hydrogen-bond donors (Lipinski definition) is 2. The van der Waals surface area contributed by atoms with Crippen LogP contribution in [0.15, 0.2) is 65.6 Å². The van der Waals surface area contributed by atoms with Crippen LogP contribution < -0.4 is 10.0 Å². The summed E-state index contributed by atoms with van der Waals surface area (Å²) in [5.74, 6) is -0.360. The molecule has 0 aliphatic heterocycles. The maximum Gasteiger partial charge on any atom is 0.263 e. The molecule has 0 radical (unpaired) electrons. The van der Waals surface area contributed by atoms with Gasteiger partial charge in [0.05, 0.1) is 11.1 Å². The third-order valence-electron chi connectivity index (χ3n) is 5.72. The Kier molecular flexibility index (Phi) is 6.26. The third kappa shape index (κ3) is 4.81. The molecular formula is C25H25ClN2O3S. The summed E-state index contributed by atoms with van der Waals surface area (Å²) in [6, 6.07) is 17.4. The normalized spacial score (nSPS) is 14.0. The molecule has 1 atom stereocenters. The number of sulfonamides is 1. The maximum atomic E-state index is 12.9. The SMILES string of the molecule is Cc1cccc(NS(=O)(=O)c2cc(C(=O)N[C@@H](C)c3ccc4c(c3)CCC4)ccc2Cl)c1. The van der Waals surface area contributed by atoms with E-state index < -0.39 is 10.0 Å². The molecule has 1 amide bonds. The summed E-state index contributed by atoms with van der Waals surface area (Å²) in [5, 5.41) is 3.01. The quantitative estimate of drug-likeness (QED) is 0.506. The van der Waals surface area contributed by atoms with Gasteiger partial charge in [-0.15, -0.1) is 0 Å². The molecule has 0 aromatic heterocycles. The summed E-state index contributed by atoms with van der Waals surface area (Å²) in [6.07, 6.45) is 3.34. The Bertz CT molecular complexity index is 1290. The van der Waals surface area contributed by atoms with Crippen LogP contribution in [0.2, 0.25) is 5.02 Å². The van der Waals surface area contributed by atoms with Crippen molar-refractivity contribution in [3.05, 3.63) is 93.5 Å². The van der Waals surface area contributed by atoms with Crippen molar-refractivity contribution in [2.45, 2.75) is 44.0 Å². The van der Waals surface area contributed by atoms with Gasteiger partial charge in [-0.05, 0) is 85.7 Å². The monoisotopic (exact) mass is 468 g/mol. The molecule has 0 bridgehead atoms. The molecule has 32 heavy (non-hydrogen) atoms. The lowest BCUT2D eigenvalue weighted by Crippen LogP contribution is -2.27. The zero-order valence-corrected chi connectivity index (χ0v) is 19.6. The van der Waals surface area contributed by atoms with Crippen LogP contribution in [0, 0.1) is 6.92 Å². The summed E-state index contributed by atoms with van der Waals surface area (Å²) < 4.78 is 28.4. The van der Waals surface area contributed by atoms with Crippen molar-refractivity contribution in [3.8, 4) is 0 Å². The second-order valence-electron chi connectivity index (χ2n) is 8.20. The van der Waals surface area contributed by atoms with Crippen molar-refractivity contribution < 1.29 is 13.2 Å². The molecule has 0 fully saturated rings. The molecular weight excluding hydrogens is 444 g/mol. The van der Waals surface area contributed by atoms with Crippen molar-refractivity contribution in [2.75, 3.05) is 4.72 Å². The van der Waals surface area contributed by atoms with Crippen LogP contribution in [-0.4, -0.2) is 14.3 Å². The average Bonchev–Trinajstić information content (AvgIpc) is 3.21. The number of benzene rings is 3. The fourth-order valence-electron chi connectivity index (χ4n) is 3.99. The summed E-state index contributed by atoms with van der Waals surface area (Å²) in [4.78, 5) is 12.7. The van der Waals surface area contributed by atoms with Gasteiger partial charge >= 0.3 is 0 Å². The first-order chi connectivity index (χ1) is 15.2. The largest absolute Gasteiger partial charge is 0.346 e. The molecule has 1 aliphatic rings. The van der Waals surface area contributed by atoms with Crippen LogP contribution in [0.5, 0.6) is 0 Å². The maximum absolute atomic E-state index is 12.9. The van der Waals surface area contributed by atoms with E-state index in [4.69, 9.17) is 11.6 Å². The lowest BCUT2D eigenvalue weighted by atomic mass is 10.0. The van der Waals surface area contributed by atoms with Crippen molar-refractivity contribution in [1.82, 2.24) is 5.32 Å². The molecule has 0 heterocycles. The second-order valence-corrected chi connectivity index (χ2v) is 10.3. The number of aryl methyl sites for hydroxylation is 3. The van der Waals surface area contributed by atoms with E-state index in [0.29, 0.717) is 5.69 Å². The fourth-order valence-corrected chi connectivity index (χ4v) is 5.57. The van der Waals surface area contributed by atoms with Gasteiger partial charge in [-0.25, -0.2) is 8.42 Å². The second kappa shape index (κ2) is 8.96. The number of carbonyl (C=O) groups excluding carboxylic acids is 1. The molecule has 1 aliphatic carbocycles. The van der Waals surface area contributed by atoms with Crippen LogP contribution in [-0.2, 0) is 22.9 Å². The van der Waals surface area contributed by atoms with Crippen LogP contribution in [0.4, 0.5) is 5.69 Å². The smallest absolute Gasteiger partial charge is 0.263 e. The summed E-state index contributed by atoms with van der Waals surface area (Å²) in [6.45, 7) is 3.79. The Morgan fingerprint density at radius 2 is 1.78 bits per heavy atom. The van der Waals surface area contributed by atoms with Gasteiger partial charge in [0.25, 0.3) is 15.9 Å². The topological polar surface area (TPSA) is 75.3 Å². The molecule has 0 unspecified atom stereocenters. The minimum absolute atomic E-state index is 0.0494. The molecule has 0 saturated carbocycles. The van der Waals surface area contributed by atoms with E-state index in [0.717, 1.165) is 30.4 Å². The first-order valence-corrected chi connectivity index (χ1v) is 12.4. The predicted octanol–water partition coefficient (Wildman–Crippen LogP) is 5.43. The Morgan fingerprint density at radius 3 is 2.56 bits per heavy atom. The number of nitrogens with one attached hydrogen (secondary N) is 2. The van der Waals surface area contributed by atoms with Gasteiger partial charge in [0, 0.05) is 11.3 Å². The molecule has 3 aromatic carbocycles. The van der Waals surface area contributed by atoms with E-state index in [1.165, 1.54) is 29.3 Å². The summed E-state index contributed by atoms with van der Waals surface area (Å²) >= 11 is 6.19. The minimum atomic E-state index is -3.97. The Morgan fingerprint density at radius 1 is 1.00 bits per heavy atom. The molecule has 3 aromatic rings. The molecule has 5 nitrogen and oxygen atoms in total. The highest BCUT2D eigenvalue weighted by Gasteiger charge is 2.22. The highest BCUT2D eigenvalue weighted by Crippen LogP contribution is 2.27. The number of halogens is 1. The number of hydrogen-bond acceptors (Lipinski definition) is 3. The van der Waals surface area contributed by atoms with Crippen LogP contribution in [0.1, 0.15) is 52.0 Å². The highest BCUT2D eigenvalue weighted by atomic mass is 35.5. The van der Waals surface area contributed by atoms with Gasteiger partial charge in [0.1, 0.15) is 4.90 Å². The van der Waals surface area contributed by atoms with Gasteiger partial charge in [-0.3, -0.25) is 9.52 Å². The van der Waals surface area contributed by atoms with E-state index in [-0.39, 0.29) is 27.4 Å². The van der Waals surface area contributed by atoms with Gasteiger partial charge in [0.2, 0.25) is 0 Å². The van der Waals surface area contributed by atoms with Crippen molar-refractivity contribution in [2.24, 2.45) is 0 Å².